The van der Waals surface area contributed by atoms with Crippen LogP contribution in [-0.2, 0) is 4.79 Å². The number of carbonyl (C=O) groups is 2. The number of amides is 1. The smallest absolute Gasteiger partial charge is 0.480 e. The lowest BCUT2D eigenvalue weighted by Gasteiger charge is -2.21. The van der Waals surface area contributed by atoms with Crippen molar-refractivity contribution in [3.63, 3.8) is 0 Å². The van der Waals surface area contributed by atoms with Crippen molar-refractivity contribution in [1.82, 2.24) is 5.32 Å². The van der Waals surface area contributed by atoms with E-state index in [4.69, 9.17) is 5.11 Å². The third-order valence-electron chi connectivity index (χ3n) is 2.29. The number of rotatable bonds is 4. The molecule has 110 valence electrons. The molecule has 0 aliphatic carbocycles. The summed E-state index contributed by atoms with van der Waals surface area (Å²) < 4.78 is 39.8. The molecule has 5 nitrogen and oxygen atoms in total. The zero-order valence-electron chi connectivity index (χ0n) is 10.6. The van der Waals surface area contributed by atoms with Crippen LogP contribution in [0.1, 0.15) is 24.2 Å². The van der Waals surface area contributed by atoms with Gasteiger partial charge in [0.25, 0.3) is 5.91 Å². The van der Waals surface area contributed by atoms with Gasteiger partial charge in [-0.25, -0.2) is 4.79 Å². The van der Waals surface area contributed by atoms with E-state index in [1.807, 2.05) is 0 Å². The summed E-state index contributed by atoms with van der Waals surface area (Å²) in [6, 6.07) is 4.35. The van der Waals surface area contributed by atoms with Gasteiger partial charge < -0.3 is 15.2 Å². The summed E-state index contributed by atoms with van der Waals surface area (Å²) in [5, 5.41) is 11.0. The monoisotopic (exact) mass is 291 g/mol. The van der Waals surface area contributed by atoms with Crippen LogP contribution in [0.2, 0.25) is 0 Å². The number of carboxylic acid groups (broad SMARTS) is 1. The molecule has 0 aromatic heterocycles. The molecule has 20 heavy (non-hydrogen) atoms. The van der Waals surface area contributed by atoms with Crippen LogP contribution in [0.4, 0.5) is 13.2 Å². The van der Waals surface area contributed by atoms with Crippen LogP contribution in [0, 0.1) is 0 Å². The summed E-state index contributed by atoms with van der Waals surface area (Å²) in [5.74, 6) is -2.64. The molecule has 1 aromatic carbocycles. The van der Waals surface area contributed by atoms with Gasteiger partial charge in [-0.2, -0.15) is 0 Å². The van der Waals surface area contributed by atoms with Crippen molar-refractivity contribution in [2.75, 3.05) is 0 Å². The van der Waals surface area contributed by atoms with Crippen molar-refractivity contribution >= 4 is 11.9 Å². The number of hydrogen-bond acceptors (Lipinski definition) is 3. The molecule has 0 aliphatic heterocycles. The minimum Gasteiger partial charge on any atom is -0.480 e. The molecule has 0 heterocycles. The number of carbonyl (C=O) groups excluding carboxylic acids is 1. The van der Waals surface area contributed by atoms with E-state index in [9.17, 15) is 22.8 Å². The van der Waals surface area contributed by atoms with E-state index < -0.39 is 29.5 Å². The van der Waals surface area contributed by atoms with Gasteiger partial charge in [0.15, 0.2) is 0 Å². The highest BCUT2D eigenvalue weighted by Crippen LogP contribution is 2.23. The summed E-state index contributed by atoms with van der Waals surface area (Å²) in [6.45, 7) is 2.51. The largest absolute Gasteiger partial charge is 0.573 e. The SMILES string of the molecule is CC(C)(NC(=O)c1cccc(OC(F)(F)F)c1)C(=O)O. The van der Waals surface area contributed by atoms with Gasteiger partial charge in [0.1, 0.15) is 11.3 Å². The fraction of sp³-hybridized carbons (Fsp3) is 0.333. The molecule has 0 bridgehead atoms. The van der Waals surface area contributed by atoms with Crippen molar-refractivity contribution in [1.29, 1.82) is 0 Å². The zero-order chi connectivity index (χ0) is 15.6. The van der Waals surface area contributed by atoms with Crippen molar-refractivity contribution in [3.05, 3.63) is 29.8 Å². The molecule has 1 amide bonds. The minimum atomic E-state index is -4.87. The Balaban J connectivity index is 2.90. The molecule has 0 saturated carbocycles. The van der Waals surface area contributed by atoms with Gasteiger partial charge in [0.2, 0.25) is 0 Å². The molecule has 0 fully saturated rings. The van der Waals surface area contributed by atoms with Crippen LogP contribution in [0.5, 0.6) is 5.75 Å². The lowest BCUT2D eigenvalue weighted by Crippen LogP contribution is -2.49. The third-order valence-corrected chi connectivity index (χ3v) is 2.29. The molecule has 2 N–H and O–H groups in total. The molecule has 0 radical (unpaired) electrons. The normalized spacial score (nSPS) is 11.8. The van der Waals surface area contributed by atoms with Crippen LogP contribution in [0.3, 0.4) is 0 Å². The number of aliphatic carboxylic acids is 1. The topological polar surface area (TPSA) is 75.6 Å². The fourth-order valence-corrected chi connectivity index (χ4v) is 1.24. The molecule has 0 unspecified atom stereocenters. The Bertz CT molecular complexity index is 526. The van der Waals surface area contributed by atoms with E-state index in [1.54, 1.807) is 0 Å². The number of nitrogens with one attached hydrogen (secondary N) is 1. The first-order chi connectivity index (χ1) is 9.01. The molecule has 0 atom stereocenters. The molecular weight excluding hydrogens is 279 g/mol. The van der Waals surface area contributed by atoms with Gasteiger partial charge in [0.05, 0.1) is 0 Å². The lowest BCUT2D eigenvalue weighted by molar-refractivity contribution is -0.274. The number of carboxylic acids is 1. The van der Waals surface area contributed by atoms with Crippen molar-refractivity contribution < 1.29 is 32.6 Å². The minimum absolute atomic E-state index is 0.138. The van der Waals surface area contributed by atoms with Gasteiger partial charge in [-0.1, -0.05) is 6.07 Å². The first-order valence-corrected chi connectivity index (χ1v) is 5.43. The maximum Gasteiger partial charge on any atom is 0.573 e. The van der Waals surface area contributed by atoms with Gasteiger partial charge in [0, 0.05) is 5.56 Å². The van der Waals surface area contributed by atoms with E-state index >= 15 is 0 Å². The highest BCUT2D eigenvalue weighted by atomic mass is 19.4. The molecule has 1 rings (SSSR count). The van der Waals surface area contributed by atoms with Crippen molar-refractivity contribution in [3.8, 4) is 5.75 Å². The van der Waals surface area contributed by atoms with Crippen LogP contribution >= 0.6 is 0 Å². The highest BCUT2D eigenvalue weighted by Gasteiger charge is 2.32. The van der Waals surface area contributed by atoms with Crippen LogP contribution < -0.4 is 10.1 Å². The van der Waals surface area contributed by atoms with Crippen LogP contribution in [-0.4, -0.2) is 28.9 Å². The van der Waals surface area contributed by atoms with Gasteiger partial charge in [-0.05, 0) is 32.0 Å². The van der Waals surface area contributed by atoms with E-state index in [0.717, 1.165) is 12.1 Å². The van der Waals surface area contributed by atoms with E-state index in [1.165, 1.54) is 26.0 Å². The lowest BCUT2D eigenvalue weighted by atomic mass is 10.1. The number of alkyl halides is 3. The predicted molar refractivity (Wildman–Crippen MR) is 62.3 cm³/mol. The number of benzene rings is 1. The van der Waals surface area contributed by atoms with E-state index in [-0.39, 0.29) is 5.56 Å². The average Bonchev–Trinajstić information content (AvgIpc) is 2.26. The summed E-state index contributed by atoms with van der Waals surface area (Å²) in [4.78, 5) is 22.6. The summed E-state index contributed by atoms with van der Waals surface area (Å²) in [5.41, 5.74) is -1.68. The van der Waals surface area contributed by atoms with Crippen LogP contribution in [0.15, 0.2) is 24.3 Å². The van der Waals surface area contributed by atoms with Crippen molar-refractivity contribution in [2.45, 2.75) is 25.7 Å². The van der Waals surface area contributed by atoms with Gasteiger partial charge in [-0.15, -0.1) is 13.2 Å². The standard InChI is InChI=1S/C12H12F3NO4/c1-11(2,10(18)19)16-9(17)7-4-3-5-8(6-7)20-12(13,14)15/h3-6H,1-2H3,(H,16,17)(H,18,19). The first kappa shape index (κ1) is 15.8. The number of halogens is 3. The second kappa shape index (κ2) is 5.40. The van der Waals surface area contributed by atoms with Crippen molar-refractivity contribution in [2.24, 2.45) is 0 Å². The molecule has 8 heteroatoms. The highest BCUT2D eigenvalue weighted by molar-refractivity contribution is 5.97. The quantitative estimate of drug-likeness (QED) is 0.891. The Kier molecular flexibility index (Phi) is 4.26. The predicted octanol–water partition coefficient (Wildman–Crippen LogP) is 2.18. The Hall–Kier alpha value is -2.25. The Morgan fingerprint density at radius 1 is 1.25 bits per heavy atom. The van der Waals surface area contributed by atoms with Crippen LogP contribution in [0.25, 0.3) is 0 Å². The van der Waals surface area contributed by atoms with E-state index in [2.05, 4.69) is 10.1 Å². The molecule has 0 spiro atoms. The van der Waals surface area contributed by atoms with E-state index in [0.29, 0.717) is 0 Å². The maximum atomic E-state index is 12.1. The number of ether oxygens (including phenoxy) is 1. The Labute approximate surface area is 112 Å². The first-order valence-electron chi connectivity index (χ1n) is 5.43. The molecular formula is C12H12F3NO4. The molecule has 0 saturated heterocycles. The number of hydrogen-bond donors (Lipinski definition) is 2. The zero-order valence-corrected chi connectivity index (χ0v) is 10.6. The Morgan fingerprint density at radius 3 is 2.35 bits per heavy atom. The fourth-order valence-electron chi connectivity index (χ4n) is 1.24. The average molecular weight is 291 g/mol. The summed E-state index contributed by atoms with van der Waals surface area (Å²) in [6.07, 6.45) is -4.87. The third kappa shape index (κ3) is 4.45. The summed E-state index contributed by atoms with van der Waals surface area (Å²) >= 11 is 0. The molecule has 1 aromatic rings. The second-order valence-electron chi connectivity index (χ2n) is 4.46. The van der Waals surface area contributed by atoms with Gasteiger partial charge >= 0.3 is 12.3 Å². The Morgan fingerprint density at radius 2 is 1.85 bits per heavy atom. The summed E-state index contributed by atoms with van der Waals surface area (Å²) in [7, 11) is 0. The second-order valence-corrected chi connectivity index (χ2v) is 4.46. The maximum absolute atomic E-state index is 12.1. The van der Waals surface area contributed by atoms with Gasteiger partial charge in [-0.3, -0.25) is 4.79 Å². The molecule has 0 aliphatic rings.